The summed E-state index contributed by atoms with van der Waals surface area (Å²) in [6.07, 6.45) is 2.61. The van der Waals surface area contributed by atoms with Gasteiger partial charge < -0.3 is 9.64 Å². The Balaban J connectivity index is 2.09. The van der Waals surface area contributed by atoms with Crippen molar-refractivity contribution in [2.24, 2.45) is 5.92 Å². The van der Waals surface area contributed by atoms with E-state index in [0.717, 1.165) is 11.4 Å². The average molecular weight is 326 g/mol. The number of amides is 1. The Hall–Kier alpha value is -1.60. The second-order valence-electron chi connectivity index (χ2n) is 5.56. The molecule has 1 heterocycles. The Kier molecular flexibility index (Phi) is 5.08. The van der Waals surface area contributed by atoms with E-state index >= 15 is 0 Å². The van der Waals surface area contributed by atoms with Crippen LogP contribution in [-0.4, -0.2) is 52.1 Å². The van der Waals surface area contributed by atoms with Crippen LogP contribution >= 0.6 is 0 Å². The molecule has 0 radical (unpaired) electrons. The lowest BCUT2D eigenvalue weighted by atomic mass is 9.98. The Morgan fingerprint density at radius 2 is 1.95 bits per heavy atom. The molecule has 1 amide bonds. The van der Waals surface area contributed by atoms with E-state index in [9.17, 15) is 13.2 Å². The fourth-order valence-electron chi connectivity index (χ4n) is 2.65. The maximum atomic E-state index is 12.6. The third-order valence-corrected chi connectivity index (χ3v) is 5.26. The summed E-state index contributed by atoms with van der Waals surface area (Å²) in [5.41, 5.74) is 0.766. The van der Waals surface area contributed by atoms with E-state index in [0.29, 0.717) is 19.4 Å². The molecule has 0 N–H and O–H groups in total. The number of ether oxygens (including phenoxy) is 1. The van der Waals surface area contributed by atoms with Gasteiger partial charge in [0.05, 0.1) is 19.3 Å². The number of benzene rings is 1. The van der Waals surface area contributed by atoms with E-state index in [2.05, 4.69) is 0 Å². The molecule has 1 aromatic carbocycles. The summed E-state index contributed by atoms with van der Waals surface area (Å²) < 4.78 is 29.8. The molecule has 2 rings (SSSR count). The highest BCUT2D eigenvalue weighted by Crippen LogP contribution is 2.24. The fraction of sp³-hybridized carbons (Fsp3) is 0.533. The Labute approximate surface area is 131 Å². The van der Waals surface area contributed by atoms with Crippen molar-refractivity contribution in [3.63, 3.8) is 0 Å². The molecule has 122 valence electrons. The third-order valence-electron chi connectivity index (χ3n) is 3.99. The fourth-order valence-corrected chi connectivity index (χ4v) is 3.56. The average Bonchev–Trinajstić information content (AvgIpc) is 2.53. The van der Waals surface area contributed by atoms with Crippen LogP contribution in [0.1, 0.15) is 12.8 Å². The lowest BCUT2D eigenvalue weighted by Crippen LogP contribution is -2.45. The third kappa shape index (κ3) is 3.78. The summed E-state index contributed by atoms with van der Waals surface area (Å²) >= 11 is 0. The van der Waals surface area contributed by atoms with Crippen molar-refractivity contribution in [1.29, 1.82) is 0 Å². The van der Waals surface area contributed by atoms with Gasteiger partial charge in [0.25, 0.3) is 0 Å². The monoisotopic (exact) mass is 326 g/mol. The standard InChI is InChI=1S/C15H22N2O4S/c1-16(13-6-8-14(21-2)9-7-13)15(18)12-5-4-10-17(11-12)22(3,19)20/h6-9,12H,4-5,10-11H2,1-3H3/t12-/m0/s1. The molecule has 1 atom stereocenters. The normalized spacial score (nSPS) is 19.7. The zero-order valence-corrected chi connectivity index (χ0v) is 14.0. The molecular weight excluding hydrogens is 304 g/mol. The molecule has 1 aromatic rings. The highest BCUT2D eigenvalue weighted by atomic mass is 32.2. The molecule has 7 heteroatoms. The number of nitrogens with zero attached hydrogens (tertiary/aromatic N) is 2. The first-order valence-corrected chi connectivity index (χ1v) is 9.04. The first-order chi connectivity index (χ1) is 10.3. The van der Waals surface area contributed by atoms with Crippen LogP contribution in [0.5, 0.6) is 5.75 Å². The van der Waals surface area contributed by atoms with Crippen LogP contribution in [0.15, 0.2) is 24.3 Å². The predicted octanol–water partition coefficient (Wildman–Crippen LogP) is 1.33. The maximum absolute atomic E-state index is 12.6. The minimum absolute atomic E-state index is 0.0569. The van der Waals surface area contributed by atoms with Gasteiger partial charge in [-0.3, -0.25) is 4.79 Å². The number of sulfonamides is 1. The first-order valence-electron chi connectivity index (χ1n) is 7.19. The second-order valence-corrected chi connectivity index (χ2v) is 7.54. The van der Waals surface area contributed by atoms with Crippen molar-refractivity contribution >= 4 is 21.6 Å². The van der Waals surface area contributed by atoms with Gasteiger partial charge in [-0.15, -0.1) is 0 Å². The Bertz CT molecular complexity index is 627. The largest absolute Gasteiger partial charge is 0.497 e. The molecule has 0 saturated carbocycles. The van der Waals surface area contributed by atoms with Crippen molar-refractivity contribution in [1.82, 2.24) is 4.31 Å². The molecular formula is C15H22N2O4S. The molecule has 1 aliphatic rings. The van der Waals surface area contributed by atoms with Crippen molar-refractivity contribution in [3.05, 3.63) is 24.3 Å². The Morgan fingerprint density at radius 1 is 1.32 bits per heavy atom. The van der Waals surface area contributed by atoms with Crippen LogP contribution in [0, 0.1) is 5.92 Å². The number of hydrogen-bond donors (Lipinski definition) is 0. The molecule has 0 spiro atoms. The molecule has 1 aliphatic heterocycles. The molecule has 0 aromatic heterocycles. The molecule has 6 nitrogen and oxygen atoms in total. The molecule has 0 aliphatic carbocycles. The molecule has 1 fully saturated rings. The number of carbonyl (C=O) groups excluding carboxylic acids is 1. The molecule has 1 saturated heterocycles. The van der Waals surface area contributed by atoms with Crippen LogP contribution in [0.25, 0.3) is 0 Å². The summed E-state index contributed by atoms with van der Waals surface area (Å²) in [7, 11) is 0.0552. The summed E-state index contributed by atoms with van der Waals surface area (Å²) in [5, 5.41) is 0. The maximum Gasteiger partial charge on any atom is 0.231 e. The number of hydrogen-bond acceptors (Lipinski definition) is 4. The Morgan fingerprint density at radius 3 is 2.50 bits per heavy atom. The number of anilines is 1. The van der Waals surface area contributed by atoms with Crippen LogP contribution in [0.2, 0.25) is 0 Å². The number of rotatable bonds is 4. The first kappa shape index (κ1) is 16.8. The zero-order valence-electron chi connectivity index (χ0n) is 13.2. The van der Waals surface area contributed by atoms with E-state index in [-0.39, 0.29) is 18.4 Å². The van der Waals surface area contributed by atoms with Crippen LogP contribution in [0.4, 0.5) is 5.69 Å². The van der Waals surface area contributed by atoms with Gasteiger partial charge in [0, 0.05) is 25.8 Å². The van der Waals surface area contributed by atoms with Crippen molar-refractivity contribution in [3.8, 4) is 5.75 Å². The van der Waals surface area contributed by atoms with Gasteiger partial charge in [0.2, 0.25) is 15.9 Å². The summed E-state index contributed by atoms with van der Waals surface area (Å²) in [4.78, 5) is 14.2. The number of carbonyl (C=O) groups is 1. The lowest BCUT2D eigenvalue weighted by Gasteiger charge is -2.32. The van der Waals surface area contributed by atoms with Crippen molar-refractivity contribution < 1.29 is 17.9 Å². The van der Waals surface area contributed by atoms with E-state index in [4.69, 9.17) is 4.74 Å². The number of piperidine rings is 1. The summed E-state index contributed by atoms with van der Waals surface area (Å²) in [5.74, 6) is 0.375. The van der Waals surface area contributed by atoms with E-state index < -0.39 is 10.0 Å². The van der Waals surface area contributed by atoms with Crippen LogP contribution in [-0.2, 0) is 14.8 Å². The molecule has 22 heavy (non-hydrogen) atoms. The highest BCUT2D eigenvalue weighted by Gasteiger charge is 2.32. The smallest absolute Gasteiger partial charge is 0.231 e. The van der Waals surface area contributed by atoms with Crippen molar-refractivity contribution in [2.75, 3.05) is 38.4 Å². The van der Waals surface area contributed by atoms with E-state index in [1.807, 2.05) is 12.1 Å². The molecule has 0 bridgehead atoms. The predicted molar refractivity (Wildman–Crippen MR) is 85.5 cm³/mol. The topological polar surface area (TPSA) is 66.9 Å². The van der Waals surface area contributed by atoms with Crippen molar-refractivity contribution in [2.45, 2.75) is 12.8 Å². The lowest BCUT2D eigenvalue weighted by molar-refractivity contribution is -0.123. The quantitative estimate of drug-likeness (QED) is 0.837. The van der Waals surface area contributed by atoms with E-state index in [1.165, 1.54) is 10.6 Å². The minimum atomic E-state index is -3.25. The van der Waals surface area contributed by atoms with Gasteiger partial charge in [-0.25, -0.2) is 12.7 Å². The minimum Gasteiger partial charge on any atom is -0.497 e. The number of methoxy groups -OCH3 is 1. The summed E-state index contributed by atoms with van der Waals surface area (Å²) in [6.45, 7) is 0.757. The van der Waals surface area contributed by atoms with Crippen LogP contribution in [0.3, 0.4) is 0 Å². The summed E-state index contributed by atoms with van der Waals surface area (Å²) in [6, 6.07) is 7.22. The molecule has 0 unspecified atom stereocenters. The van der Waals surface area contributed by atoms with Gasteiger partial charge in [0.15, 0.2) is 0 Å². The zero-order chi connectivity index (χ0) is 16.3. The highest BCUT2D eigenvalue weighted by molar-refractivity contribution is 7.88. The van der Waals surface area contributed by atoms with E-state index in [1.54, 1.807) is 31.2 Å². The van der Waals surface area contributed by atoms with Gasteiger partial charge in [-0.1, -0.05) is 0 Å². The van der Waals surface area contributed by atoms with Crippen LogP contribution < -0.4 is 9.64 Å². The van der Waals surface area contributed by atoms with Gasteiger partial charge >= 0.3 is 0 Å². The van der Waals surface area contributed by atoms with Gasteiger partial charge in [-0.05, 0) is 37.1 Å². The second kappa shape index (κ2) is 6.66. The van der Waals surface area contributed by atoms with Gasteiger partial charge in [-0.2, -0.15) is 0 Å². The SMILES string of the molecule is COc1ccc(N(C)C(=O)[C@H]2CCCN(S(C)(=O)=O)C2)cc1. The van der Waals surface area contributed by atoms with Gasteiger partial charge in [0.1, 0.15) is 5.75 Å².